The number of methoxy groups -OCH3 is 1. The van der Waals surface area contributed by atoms with Gasteiger partial charge in [-0.15, -0.1) is 12.8 Å². The summed E-state index contributed by atoms with van der Waals surface area (Å²) in [5, 5.41) is 20.0. The number of carbonyl (C=O) groups excluding carboxylic acids is 1. The van der Waals surface area contributed by atoms with Crippen molar-refractivity contribution in [1.29, 1.82) is 0 Å². The van der Waals surface area contributed by atoms with E-state index in [0.717, 1.165) is 5.39 Å². The van der Waals surface area contributed by atoms with Crippen LogP contribution >= 0.6 is 0 Å². The molecule has 0 bridgehead atoms. The van der Waals surface area contributed by atoms with Gasteiger partial charge in [0, 0.05) is 49.2 Å². The standard InChI is InChI=1S/C21H21FN4O3.C4H6N2.C2H2/c1-29-19-5-2-12(6-17(19)22)10-23-20(28)13-3-4-14-11-24-21(26-18(14)7-13)25-15-8-16(27)9-15;1-6-4-2-3-5-6;1-2/h2-7,11,15-16,27H,8-10H2,1H3,(H,23,28)(H,24,25,26);2-4H,1H3;1-2H. The van der Waals surface area contributed by atoms with E-state index < -0.39 is 5.82 Å². The Morgan fingerprint density at radius 2 is 2.03 bits per heavy atom. The molecule has 1 fully saturated rings. The van der Waals surface area contributed by atoms with Crippen LogP contribution in [0, 0.1) is 18.7 Å². The van der Waals surface area contributed by atoms with Crippen molar-refractivity contribution in [3.05, 3.63) is 78.0 Å². The number of carbonyl (C=O) groups is 1. The Morgan fingerprint density at radius 1 is 1.24 bits per heavy atom. The number of aryl methyl sites for hydroxylation is 1. The van der Waals surface area contributed by atoms with Crippen LogP contribution in [0.2, 0.25) is 0 Å². The molecule has 1 aliphatic carbocycles. The number of nitrogens with one attached hydrogen (secondary N) is 2. The number of hydrogen-bond acceptors (Lipinski definition) is 7. The van der Waals surface area contributed by atoms with Crippen LogP contribution in [-0.4, -0.2) is 50.0 Å². The SMILES string of the molecule is C#C.COc1ccc(CNC(=O)c2ccc3cnc(NC4CC(O)C4)nc3c2)cc1F.Cn1cccn1. The van der Waals surface area contributed by atoms with Crippen molar-refractivity contribution in [1.82, 2.24) is 25.1 Å². The maximum Gasteiger partial charge on any atom is 0.251 e. The molecular weight excluding hydrogens is 475 g/mol. The number of benzene rings is 2. The Hall–Kier alpha value is -4.49. The van der Waals surface area contributed by atoms with Crippen molar-refractivity contribution >= 4 is 22.8 Å². The molecule has 0 saturated heterocycles. The zero-order chi connectivity index (χ0) is 26.8. The molecule has 3 N–H and O–H groups in total. The molecule has 0 spiro atoms. The molecule has 1 amide bonds. The number of ether oxygens (including phenoxy) is 1. The average molecular weight is 505 g/mol. The lowest BCUT2D eigenvalue weighted by Gasteiger charge is -2.31. The van der Waals surface area contributed by atoms with Crippen LogP contribution in [-0.2, 0) is 13.6 Å². The van der Waals surface area contributed by atoms with E-state index in [1.807, 2.05) is 19.3 Å². The first-order valence-corrected chi connectivity index (χ1v) is 11.5. The van der Waals surface area contributed by atoms with Gasteiger partial charge in [-0.2, -0.15) is 5.10 Å². The fourth-order valence-corrected chi connectivity index (χ4v) is 3.57. The second kappa shape index (κ2) is 13.0. The Balaban J connectivity index is 0.000000412. The van der Waals surface area contributed by atoms with Gasteiger partial charge in [0.05, 0.1) is 18.7 Å². The van der Waals surface area contributed by atoms with Crippen LogP contribution in [0.3, 0.4) is 0 Å². The maximum absolute atomic E-state index is 13.8. The molecule has 2 heterocycles. The van der Waals surface area contributed by atoms with Crippen molar-refractivity contribution in [3.8, 4) is 18.6 Å². The van der Waals surface area contributed by atoms with Crippen LogP contribution in [0.4, 0.5) is 10.3 Å². The highest BCUT2D eigenvalue weighted by molar-refractivity contribution is 5.97. The first-order valence-electron chi connectivity index (χ1n) is 11.5. The molecule has 0 radical (unpaired) electrons. The van der Waals surface area contributed by atoms with Gasteiger partial charge in [0.1, 0.15) is 0 Å². The number of aromatic nitrogens is 4. The van der Waals surface area contributed by atoms with Gasteiger partial charge in [-0.05, 0) is 48.7 Å². The van der Waals surface area contributed by atoms with Gasteiger partial charge in [0.2, 0.25) is 5.95 Å². The van der Waals surface area contributed by atoms with Gasteiger partial charge in [-0.1, -0.05) is 12.1 Å². The highest BCUT2D eigenvalue weighted by Crippen LogP contribution is 2.23. The van der Waals surface area contributed by atoms with Crippen molar-refractivity contribution < 1.29 is 19.0 Å². The summed E-state index contributed by atoms with van der Waals surface area (Å²) in [6, 6.07) is 11.8. The molecule has 2 aromatic heterocycles. The van der Waals surface area contributed by atoms with Gasteiger partial charge in [-0.25, -0.2) is 14.4 Å². The molecule has 1 saturated carbocycles. The molecule has 9 nitrogen and oxygen atoms in total. The van der Waals surface area contributed by atoms with Gasteiger partial charge >= 0.3 is 0 Å². The highest BCUT2D eigenvalue weighted by atomic mass is 19.1. The first-order chi connectivity index (χ1) is 17.9. The van der Waals surface area contributed by atoms with Crippen LogP contribution in [0.1, 0.15) is 28.8 Å². The molecule has 0 atom stereocenters. The minimum Gasteiger partial charge on any atom is -0.494 e. The Labute approximate surface area is 214 Å². The molecule has 10 heteroatoms. The number of rotatable bonds is 6. The van der Waals surface area contributed by atoms with Crippen LogP contribution in [0.25, 0.3) is 10.9 Å². The van der Waals surface area contributed by atoms with Crippen molar-refractivity contribution in [3.63, 3.8) is 0 Å². The Bertz CT molecular complexity index is 1340. The third-order valence-corrected chi connectivity index (χ3v) is 5.60. The summed E-state index contributed by atoms with van der Waals surface area (Å²) < 4.78 is 20.4. The zero-order valence-electron chi connectivity index (χ0n) is 20.6. The maximum atomic E-state index is 13.8. The summed E-state index contributed by atoms with van der Waals surface area (Å²) in [7, 11) is 3.29. The average Bonchev–Trinajstić information content (AvgIpc) is 3.38. The van der Waals surface area contributed by atoms with Crippen molar-refractivity contribution in [2.75, 3.05) is 12.4 Å². The second-order valence-corrected chi connectivity index (χ2v) is 8.27. The Morgan fingerprint density at radius 3 is 2.62 bits per heavy atom. The van der Waals surface area contributed by atoms with Crippen LogP contribution < -0.4 is 15.4 Å². The highest BCUT2D eigenvalue weighted by Gasteiger charge is 2.27. The largest absolute Gasteiger partial charge is 0.494 e. The van der Waals surface area contributed by atoms with Crippen LogP contribution in [0.5, 0.6) is 5.75 Å². The predicted octanol–water partition coefficient (Wildman–Crippen LogP) is 3.31. The summed E-state index contributed by atoms with van der Waals surface area (Å²) in [5.74, 6) is -0.116. The smallest absolute Gasteiger partial charge is 0.251 e. The van der Waals surface area contributed by atoms with E-state index in [1.54, 1.807) is 41.3 Å². The number of halogens is 1. The first kappa shape index (κ1) is 27.1. The number of terminal acetylenes is 1. The number of nitrogens with zero attached hydrogens (tertiary/aromatic N) is 4. The number of anilines is 1. The van der Waals surface area contributed by atoms with Gasteiger partial charge in [0.25, 0.3) is 5.91 Å². The van der Waals surface area contributed by atoms with E-state index in [-0.39, 0.29) is 30.3 Å². The summed E-state index contributed by atoms with van der Waals surface area (Å²) >= 11 is 0. The molecule has 4 aromatic rings. The van der Waals surface area contributed by atoms with Crippen molar-refractivity contribution in [2.45, 2.75) is 31.5 Å². The topological polar surface area (TPSA) is 114 Å². The molecule has 1 aliphatic rings. The number of aliphatic hydroxyl groups excluding tert-OH is 1. The third-order valence-electron chi connectivity index (χ3n) is 5.60. The van der Waals surface area contributed by atoms with E-state index in [4.69, 9.17) is 4.74 Å². The molecule has 2 aromatic carbocycles. The fourth-order valence-electron chi connectivity index (χ4n) is 3.57. The number of aliphatic hydroxyl groups is 1. The lowest BCUT2D eigenvalue weighted by Crippen LogP contribution is -2.39. The quantitative estimate of drug-likeness (QED) is 0.345. The Kier molecular flexibility index (Phi) is 9.52. The van der Waals surface area contributed by atoms with E-state index in [0.29, 0.717) is 35.4 Å². The second-order valence-electron chi connectivity index (χ2n) is 8.27. The number of fused-ring (bicyclic) bond motifs is 1. The normalized spacial score (nSPS) is 15.7. The fraction of sp³-hybridized carbons (Fsp3) is 0.259. The molecule has 37 heavy (non-hydrogen) atoms. The molecule has 0 unspecified atom stereocenters. The molecule has 0 aliphatic heterocycles. The predicted molar refractivity (Wildman–Crippen MR) is 139 cm³/mol. The lowest BCUT2D eigenvalue weighted by atomic mass is 9.90. The van der Waals surface area contributed by atoms with E-state index in [9.17, 15) is 14.3 Å². The number of hydrogen-bond donors (Lipinski definition) is 3. The van der Waals surface area contributed by atoms with Crippen LogP contribution in [0.15, 0.2) is 61.1 Å². The van der Waals surface area contributed by atoms with E-state index >= 15 is 0 Å². The monoisotopic (exact) mass is 504 g/mol. The van der Waals surface area contributed by atoms with Gasteiger partial charge in [-0.3, -0.25) is 9.48 Å². The summed E-state index contributed by atoms with van der Waals surface area (Å²) in [6.45, 7) is 0.193. The third kappa shape index (κ3) is 7.49. The molecule has 5 rings (SSSR count). The summed E-state index contributed by atoms with van der Waals surface area (Å²) in [4.78, 5) is 21.3. The summed E-state index contributed by atoms with van der Waals surface area (Å²) in [5.41, 5.74) is 1.73. The van der Waals surface area contributed by atoms with E-state index in [2.05, 4.69) is 38.5 Å². The minimum atomic E-state index is -0.472. The zero-order valence-corrected chi connectivity index (χ0v) is 20.6. The van der Waals surface area contributed by atoms with Gasteiger partial charge in [0.15, 0.2) is 11.6 Å². The minimum absolute atomic E-state index is 0.162. The number of amides is 1. The van der Waals surface area contributed by atoms with Crippen molar-refractivity contribution in [2.24, 2.45) is 7.05 Å². The summed E-state index contributed by atoms with van der Waals surface area (Å²) in [6.07, 6.45) is 14.4. The molecular formula is C27H29FN6O3. The van der Waals surface area contributed by atoms with E-state index in [1.165, 1.54) is 19.2 Å². The lowest BCUT2D eigenvalue weighted by molar-refractivity contribution is 0.0834. The molecule has 192 valence electrons. The van der Waals surface area contributed by atoms with Gasteiger partial charge < -0.3 is 20.5 Å².